The molecule has 0 aromatic carbocycles. The number of carbonyl (C=O) groups excluding carboxylic acids is 1. The van der Waals surface area contributed by atoms with Crippen LogP contribution in [0.2, 0.25) is 0 Å². The van der Waals surface area contributed by atoms with Gasteiger partial charge in [-0.05, 0) is 26.0 Å². The molecule has 1 unspecified atom stereocenters. The van der Waals surface area contributed by atoms with E-state index < -0.39 is 24.7 Å². The normalized spacial score (nSPS) is 13.4. The molecule has 18 heavy (non-hydrogen) atoms. The smallest absolute Gasteiger partial charge is 0.405 e. The minimum Gasteiger partial charge on any atom is -0.465 e. The Hall–Kier alpha value is -1.50. The second kappa shape index (κ2) is 5.90. The van der Waals surface area contributed by atoms with Crippen LogP contribution in [0.5, 0.6) is 0 Å². The van der Waals surface area contributed by atoms with Gasteiger partial charge in [0.05, 0.1) is 12.6 Å². The van der Waals surface area contributed by atoms with E-state index in [2.05, 4.69) is 5.32 Å². The van der Waals surface area contributed by atoms with Gasteiger partial charge in [-0.25, -0.2) is 0 Å². The average molecular weight is 264 g/mol. The third kappa shape index (κ3) is 5.22. The molecule has 0 spiro atoms. The number of alkyl halides is 3. The first-order valence-corrected chi connectivity index (χ1v) is 5.41. The quantitative estimate of drug-likeness (QED) is 0.851. The maximum Gasteiger partial charge on any atom is 0.405 e. The molecular formula is C11H15F3N2O2. The Labute approximate surface area is 103 Å². The highest BCUT2D eigenvalue weighted by Gasteiger charge is 2.28. The van der Waals surface area contributed by atoms with Gasteiger partial charge in [-0.1, -0.05) is 0 Å². The first kappa shape index (κ1) is 14.6. The van der Waals surface area contributed by atoms with Crippen molar-refractivity contribution >= 4 is 5.91 Å². The van der Waals surface area contributed by atoms with E-state index in [1.165, 1.54) is 6.92 Å². The average Bonchev–Trinajstić information content (AvgIpc) is 2.67. The largest absolute Gasteiger partial charge is 0.465 e. The third-order valence-corrected chi connectivity index (χ3v) is 2.23. The van der Waals surface area contributed by atoms with Crippen LogP contribution in [0.4, 0.5) is 13.2 Å². The molecule has 0 radical (unpaired) electrons. The molecule has 7 heteroatoms. The molecule has 1 rings (SSSR count). The van der Waals surface area contributed by atoms with Crippen molar-refractivity contribution in [2.75, 3.05) is 6.54 Å². The number of halogens is 3. The van der Waals surface area contributed by atoms with Crippen molar-refractivity contribution in [3.05, 3.63) is 23.7 Å². The fourth-order valence-corrected chi connectivity index (χ4v) is 1.27. The summed E-state index contributed by atoms with van der Waals surface area (Å²) in [5.74, 6) is 0.666. The minimum absolute atomic E-state index is 0.286. The Morgan fingerprint density at radius 3 is 2.61 bits per heavy atom. The van der Waals surface area contributed by atoms with Gasteiger partial charge in [0.1, 0.15) is 18.1 Å². The van der Waals surface area contributed by atoms with Crippen LogP contribution in [0.1, 0.15) is 18.4 Å². The molecular weight excluding hydrogens is 249 g/mol. The monoisotopic (exact) mass is 264 g/mol. The standard InChI is InChI=1S/C11H15F3N2O2/c1-7-3-4-9(18-7)5-15-8(2)10(17)16-6-11(12,13)14/h3-4,8,15H,5-6H2,1-2H3,(H,16,17). The Morgan fingerprint density at radius 1 is 1.44 bits per heavy atom. The summed E-state index contributed by atoms with van der Waals surface area (Å²) in [6, 6.07) is 2.78. The molecule has 0 bridgehead atoms. The summed E-state index contributed by atoms with van der Waals surface area (Å²) in [5.41, 5.74) is 0. The number of rotatable bonds is 5. The molecule has 1 heterocycles. The molecule has 4 nitrogen and oxygen atoms in total. The van der Waals surface area contributed by atoms with Crippen LogP contribution >= 0.6 is 0 Å². The van der Waals surface area contributed by atoms with Gasteiger partial charge >= 0.3 is 6.18 Å². The topological polar surface area (TPSA) is 54.3 Å². The summed E-state index contributed by atoms with van der Waals surface area (Å²) >= 11 is 0. The first-order chi connectivity index (χ1) is 8.28. The van der Waals surface area contributed by atoms with Crippen LogP contribution in [0.25, 0.3) is 0 Å². The van der Waals surface area contributed by atoms with Crippen molar-refractivity contribution in [3.63, 3.8) is 0 Å². The van der Waals surface area contributed by atoms with Gasteiger partial charge in [-0.3, -0.25) is 10.1 Å². The van der Waals surface area contributed by atoms with Crippen LogP contribution < -0.4 is 10.6 Å². The molecule has 0 saturated heterocycles. The van der Waals surface area contributed by atoms with Gasteiger partial charge < -0.3 is 9.73 Å². The molecule has 0 aliphatic heterocycles. The number of nitrogens with one attached hydrogen (secondary N) is 2. The number of furan rings is 1. The predicted molar refractivity (Wildman–Crippen MR) is 58.8 cm³/mol. The molecule has 0 fully saturated rings. The van der Waals surface area contributed by atoms with E-state index in [4.69, 9.17) is 4.42 Å². The summed E-state index contributed by atoms with van der Waals surface area (Å²) < 4.78 is 40.9. The zero-order valence-corrected chi connectivity index (χ0v) is 10.1. The molecule has 1 aromatic rings. The summed E-state index contributed by atoms with van der Waals surface area (Å²) in [6.07, 6.45) is -4.40. The van der Waals surface area contributed by atoms with Crippen molar-refractivity contribution in [2.24, 2.45) is 0 Å². The lowest BCUT2D eigenvalue weighted by Crippen LogP contribution is -2.44. The number of amides is 1. The summed E-state index contributed by atoms with van der Waals surface area (Å²) in [5, 5.41) is 4.58. The van der Waals surface area contributed by atoms with Gasteiger partial charge in [-0.15, -0.1) is 0 Å². The summed E-state index contributed by atoms with van der Waals surface area (Å²) in [4.78, 5) is 11.3. The van der Waals surface area contributed by atoms with Crippen LogP contribution in [0, 0.1) is 6.92 Å². The predicted octanol–water partition coefficient (Wildman–Crippen LogP) is 1.74. The van der Waals surface area contributed by atoms with Gasteiger partial charge in [0.15, 0.2) is 0 Å². The van der Waals surface area contributed by atoms with Crippen LogP contribution in [0.15, 0.2) is 16.5 Å². The van der Waals surface area contributed by atoms with E-state index >= 15 is 0 Å². The van der Waals surface area contributed by atoms with Crippen molar-refractivity contribution in [1.82, 2.24) is 10.6 Å². The number of hydrogen-bond donors (Lipinski definition) is 2. The van der Waals surface area contributed by atoms with Crippen molar-refractivity contribution in [2.45, 2.75) is 32.6 Å². The SMILES string of the molecule is Cc1ccc(CNC(C)C(=O)NCC(F)(F)F)o1. The van der Waals surface area contributed by atoms with Crippen LogP contribution in [-0.4, -0.2) is 24.7 Å². The van der Waals surface area contributed by atoms with E-state index in [-0.39, 0.29) is 6.54 Å². The lowest BCUT2D eigenvalue weighted by molar-refractivity contribution is -0.139. The van der Waals surface area contributed by atoms with E-state index in [9.17, 15) is 18.0 Å². The third-order valence-electron chi connectivity index (χ3n) is 2.23. The Kier molecular flexibility index (Phi) is 4.77. The molecule has 1 amide bonds. The van der Waals surface area contributed by atoms with Gasteiger partial charge in [0.25, 0.3) is 0 Å². The summed E-state index contributed by atoms with van der Waals surface area (Å²) in [6.45, 7) is 2.23. The van der Waals surface area contributed by atoms with Crippen molar-refractivity contribution < 1.29 is 22.4 Å². The number of carbonyl (C=O) groups is 1. The lowest BCUT2D eigenvalue weighted by atomic mass is 10.3. The lowest BCUT2D eigenvalue weighted by Gasteiger charge is -2.14. The molecule has 0 saturated carbocycles. The maximum absolute atomic E-state index is 11.9. The molecule has 1 aromatic heterocycles. The first-order valence-electron chi connectivity index (χ1n) is 5.41. The number of hydrogen-bond acceptors (Lipinski definition) is 3. The van der Waals surface area contributed by atoms with Crippen molar-refractivity contribution in [1.29, 1.82) is 0 Å². The van der Waals surface area contributed by atoms with Gasteiger partial charge in [0.2, 0.25) is 5.91 Å². The maximum atomic E-state index is 11.9. The van der Waals surface area contributed by atoms with Crippen LogP contribution in [-0.2, 0) is 11.3 Å². The molecule has 0 aliphatic rings. The second-order valence-corrected chi connectivity index (χ2v) is 3.95. The molecule has 102 valence electrons. The second-order valence-electron chi connectivity index (χ2n) is 3.95. The highest BCUT2D eigenvalue weighted by atomic mass is 19.4. The zero-order valence-electron chi connectivity index (χ0n) is 10.1. The fraction of sp³-hybridized carbons (Fsp3) is 0.545. The van der Waals surface area contributed by atoms with Gasteiger partial charge in [0, 0.05) is 0 Å². The Morgan fingerprint density at radius 2 is 2.11 bits per heavy atom. The van der Waals surface area contributed by atoms with E-state index in [1.54, 1.807) is 24.4 Å². The minimum atomic E-state index is -4.40. The zero-order chi connectivity index (χ0) is 13.8. The molecule has 1 atom stereocenters. The van der Waals surface area contributed by atoms with E-state index in [0.29, 0.717) is 5.76 Å². The van der Waals surface area contributed by atoms with Crippen LogP contribution in [0.3, 0.4) is 0 Å². The summed E-state index contributed by atoms with van der Waals surface area (Å²) in [7, 11) is 0. The van der Waals surface area contributed by atoms with E-state index in [0.717, 1.165) is 5.76 Å². The van der Waals surface area contributed by atoms with Crippen molar-refractivity contribution in [3.8, 4) is 0 Å². The Balaban J connectivity index is 2.32. The highest BCUT2D eigenvalue weighted by molar-refractivity contribution is 5.81. The Bertz CT molecular complexity index is 401. The number of aryl methyl sites for hydroxylation is 1. The fourth-order valence-electron chi connectivity index (χ4n) is 1.27. The van der Waals surface area contributed by atoms with E-state index in [1.807, 2.05) is 0 Å². The highest BCUT2D eigenvalue weighted by Crippen LogP contribution is 2.12. The molecule has 2 N–H and O–H groups in total. The molecule has 0 aliphatic carbocycles. The van der Waals surface area contributed by atoms with Gasteiger partial charge in [-0.2, -0.15) is 13.2 Å².